The predicted molar refractivity (Wildman–Crippen MR) is 72.0 cm³/mol. The van der Waals surface area contributed by atoms with Crippen molar-refractivity contribution in [1.29, 1.82) is 0 Å². The van der Waals surface area contributed by atoms with E-state index in [4.69, 9.17) is 0 Å². The first kappa shape index (κ1) is 14.9. The molecule has 2 unspecified atom stereocenters. The molecule has 1 aliphatic rings. The average molecular weight is 262 g/mol. The van der Waals surface area contributed by atoms with Crippen LogP contribution in [0.25, 0.3) is 0 Å². The monoisotopic (exact) mass is 262 g/mol. The Kier molecular flexibility index (Phi) is 6.44. The molecule has 0 aromatic heterocycles. The molecule has 1 heterocycles. The van der Waals surface area contributed by atoms with Gasteiger partial charge in [-0.1, -0.05) is 6.92 Å². The van der Waals surface area contributed by atoms with E-state index in [1.54, 1.807) is 0 Å². The molecule has 1 fully saturated rings. The normalized spacial score (nSPS) is 24.9. The van der Waals surface area contributed by atoms with E-state index in [1.807, 2.05) is 0 Å². The third kappa shape index (κ3) is 6.38. The van der Waals surface area contributed by atoms with Gasteiger partial charge < -0.3 is 10.6 Å². The maximum absolute atomic E-state index is 11.3. The van der Waals surface area contributed by atoms with E-state index < -0.39 is 9.84 Å². The standard InChI is InChI=1S/C12H26N2O2S/c1-3-6-13-9-11(2)14-7-4-12-5-8-17(15,16)10-12/h11-14H,3-10H2,1-2H3. The molecule has 0 radical (unpaired) electrons. The number of hydrogen-bond donors (Lipinski definition) is 2. The van der Waals surface area contributed by atoms with Crippen LogP contribution in [0.2, 0.25) is 0 Å². The summed E-state index contributed by atoms with van der Waals surface area (Å²) >= 11 is 0. The fraction of sp³-hybridized carbons (Fsp3) is 1.00. The van der Waals surface area contributed by atoms with Gasteiger partial charge in [-0.05, 0) is 45.2 Å². The molecule has 2 N–H and O–H groups in total. The Morgan fingerprint density at radius 3 is 2.71 bits per heavy atom. The highest BCUT2D eigenvalue weighted by Gasteiger charge is 2.27. The first-order chi connectivity index (χ1) is 8.03. The van der Waals surface area contributed by atoms with E-state index in [2.05, 4.69) is 24.5 Å². The zero-order chi connectivity index (χ0) is 12.7. The van der Waals surface area contributed by atoms with E-state index in [0.29, 0.717) is 23.5 Å². The van der Waals surface area contributed by atoms with Crippen molar-refractivity contribution in [3.05, 3.63) is 0 Å². The van der Waals surface area contributed by atoms with Gasteiger partial charge in [0.05, 0.1) is 11.5 Å². The summed E-state index contributed by atoms with van der Waals surface area (Å²) in [6.45, 7) is 7.29. The third-order valence-corrected chi connectivity index (χ3v) is 5.09. The minimum absolute atomic E-state index is 0.378. The molecule has 17 heavy (non-hydrogen) atoms. The van der Waals surface area contributed by atoms with Crippen molar-refractivity contribution in [3.63, 3.8) is 0 Å². The number of rotatable bonds is 8. The molecule has 0 amide bonds. The van der Waals surface area contributed by atoms with Crippen molar-refractivity contribution in [2.45, 2.75) is 39.2 Å². The van der Waals surface area contributed by atoms with Crippen LogP contribution in [0.15, 0.2) is 0 Å². The van der Waals surface area contributed by atoms with Crippen LogP contribution in [-0.2, 0) is 9.84 Å². The minimum Gasteiger partial charge on any atom is -0.315 e. The lowest BCUT2D eigenvalue weighted by molar-refractivity contribution is 0.454. The summed E-state index contributed by atoms with van der Waals surface area (Å²) in [7, 11) is -2.70. The first-order valence-electron chi connectivity index (χ1n) is 6.68. The smallest absolute Gasteiger partial charge is 0.150 e. The van der Waals surface area contributed by atoms with Crippen molar-refractivity contribution in [2.75, 3.05) is 31.1 Å². The van der Waals surface area contributed by atoms with Crippen LogP contribution in [0.5, 0.6) is 0 Å². The van der Waals surface area contributed by atoms with Crippen molar-refractivity contribution < 1.29 is 8.42 Å². The van der Waals surface area contributed by atoms with Gasteiger partial charge in [-0.3, -0.25) is 0 Å². The summed E-state index contributed by atoms with van der Waals surface area (Å²) in [4.78, 5) is 0. The van der Waals surface area contributed by atoms with Gasteiger partial charge in [-0.2, -0.15) is 0 Å². The summed E-state index contributed by atoms with van der Waals surface area (Å²) in [5.74, 6) is 1.17. The molecule has 1 rings (SSSR count). The fourth-order valence-corrected chi connectivity index (χ4v) is 4.11. The van der Waals surface area contributed by atoms with Crippen LogP contribution in [0.4, 0.5) is 0 Å². The van der Waals surface area contributed by atoms with E-state index >= 15 is 0 Å². The van der Waals surface area contributed by atoms with Crippen molar-refractivity contribution in [2.24, 2.45) is 5.92 Å². The Bertz CT molecular complexity index is 304. The second-order valence-corrected chi connectivity index (χ2v) is 7.35. The summed E-state index contributed by atoms with van der Waals surface area (Å²) in [5, 5.41) is 6.81. The maximum atomic E-state index is 11.3. The Balaban J connectivity index is 2.04. The maximum Gasteiger partial charge on any atom is 0.150 e. The number of nitrogens with one attached hydrogen (secondary N) is 2. The van der Waals surface area contributed by atoms with Crippen LogP contribution in [-0.4, -0.2) is 45.6 Å². The molecule has 4 nitrogen and oxygen atoms in total. The highest BCUT2D eigenvalue weighted by Crippen LogP contribution is 2.20. The van der Waals surface area contributed by atoms with Gasteiger partial charge >= 0.3 is 0 Å². The zero-order valence-electron chi connectivity index (χ0n) is 11.0. The van der Waals surface area contributed by atoms with E-state index in [9.17, 15) is 8.42 Å². The second kappa shape index (κ2) is 7.34. The molecule has 0 spiro atoms. The minimum atomic E-state index is -2.70. The average Bonchev–Trinajstić information content (AvgIpc) is 2.59. The number of sulfone groups is 1. The fourth-order valence-electron chi connectivity index (χ4n) is 2.20. The van der Waals surface area contributed by atoms with Crippen LogP contribution >= 0.6 is 0 Å². The molecule has 0 aromatic carbocycles. The lowest BCUT2D eigenvalue weighted by Crippen LogP contribution is -2.37. The van der Waals surface area contributed by atoms with Gasteiger partial charge in [0, 0.05) is 12.6 Å². The molecule has 0 bridgehead atoms. The third-order valence-electron chi connectivity index (χ3n) is 3.25. The lowest BCUT2D eigenvalue weighted by Gasteiger charge is -2.15. The van der Waals surface area contributed by atoms with Gasteiger partial charge in [0.2, 0.25) is 0 Å². The van der Waals surface area contributed by atoms with Crippen molar-refractivity contribution in [3.8, 4) is 0 Å². The molecule has 1 saturated heterocycles. The van der Waals surface area contributed by atoms with Gasteiger partial charge in [-0.25, -0.2) is 8.42 Å². The summed E-state index contributed by atoms with van der Waals surface area (Å²) in [6, 6.07) is 0.458. The topological polar surface area (TPSA) is 58.2 Å². The summed E-state index contributed by atoms with van der Waals surface area (Å²) < 4.78 is 22.6. The molecule has 0 saturated carbocycles. The largest absolute Gasteiger partial charge is 0.315 e. The van der Waals surface area contributed by atoms with E-state index in [1.165, 1.54) is 0 Å². The van der Waals surface area contributed by atoms with Gasteiger partial charge in [0.25, 0.3) is 0 Å². The summed E-state index contributed by atoms with van der Waals surface area (Å²) in [5.41, 5.74) is 0. The molecule has 0 aromatic rings. The van der Waals surface area contributed by atoms with Crippen LogP contribution in [0.3, 0.4) is 0 Å². The highest BCUT2D eigenvalue weighted by atomic mass is 32.2. The number of hydrogen-bond acceptors (Lipinski definition) is 4. The molecule has 2 atom stereocenters. The van der Waals surface area contributed by atoms with Crippen LogP contribution in [0.1, 0.15) is 33.1 Å². The van der Waals surface area contributed by atoms with Gasteiger partial charge in [-0.15, -0.1) is 0 Å². The molecule has 5 heteroatoms. The predicted octanol–water partition coefficient (Wildman–Crippen LogP) is 0.789. The molecule has 1 aliphatic heterocycles. The van der Waals surface area contributed by atoms with Crippen molar-refractivity contribution >= 4 is 9.84 Å². The SMILES string of the molecule is CCCNCC(C)NCCC1CCS(=O)(=O)C1. The van der Waals surface area contributed by atoms with E-state index in [-0.39, 0.29) is 0 Å². The second-order valence-electron chi connectivity index (χ2n) is 5.12. The van der Waals surface area contributed by atoms with Crippen LogP contribution in [0, 0.1) is 5.92 Å². The molecule has 102 valence electrons. The first-order valence-corrected chi connectivity index (χ1v) is 8.50. The van der Waals surface area contributed by atoms with Gasteiger partial charge in [0.15, 0.2) is 9.84 Å². The summed E-state index contributed by atoms with van der Waals surface area (Å²) in [6.07, 6.45) is 3.00. The Labute approximate surface area is 105 Å². The molecular formula is C12H26N2O2S. The molecule has 0 aliphatic carbocycles. The Morgan fingerprint density at radius 2 is 2.12 bits per heavy atom. The highest BCUT2D eigenvalue weighted by molar-refractivity contribution is 7.91. The quantitative estimate of drug-likeness (QED) is 0.635. The Hall–Kier alpha value is -0.130. The zero-order valence-corrected chi connectivity index (χ0v) is 11.9. The van der Waals surface area contributed by atoms with Gasteiger partial charge in [0.1, 0.15) is 0 Å². The van der Waals surface area contributed by atoms with Crippen molar-refractivity contribution in [1.82, 2.24) is 10.6 Å². The van der Waals surface area contributed by atoms with Crippen LogP contribution < -0.4 is 10.6 Å². The Morgan fingerprint density at radius 1 is 1.35 bits per heavy atom. The lowest BCUT2D eigenvalue weighted by atomic mass is 10.1. The molecular weight excluding hydrogens is 236 g/mol. The van der Waals surface area contributed by atoms with E-state index in [0.717, 1.165) is 38.9 Å².